The number of nitro groups is 1. The van der Waals surface area contributed by atoms with E-state index >= 15 is 0 Å². The van der Waals surface area contributed by atoms with Gasteiger partial charge in [0.15, 0.2) is 0 Å². The van der Waals surface area contributed by atoms with E-state index in [0.29, 0.717) is 11.8 Å². The van der Waals surface area contributed by atoms with Crippen LogP contribution in [-0.4, -0.2) is 9.91 Å². The van der Waals surface area contributed by atoms with Gasteiger partial charge in [0.05, 0.1) is 27.9 Å². The smallest absolute Gasteiger partial charge is 0.307 e. The number of hydrogen-bond acceptors (Lipinski definition) is 5. The summed E-state index contributed by atoms with van der Waals surface area (Å²) in [5, 5.41) is 15.1. The second kappa shape index (κ2) is 5.27. The van der Waals surface area contributed by atoms with Crippen LogP contribution in [0.4, 0.5) is 20.2 Å². The van der Waals surface area contributed by atoms with Crippen molar-refractivity contribution in [3.63, 3.8) is 0 Å². The summed E-state index contributed by atoms with van der Waals surface area (Å²) in [5.74, 6) is -2.08. The SMILES string of the molecule is CC(Nc1cc([N+](=O)[O-])c(F)cc1F)c1cscn1. The van der Waals surface area contributed by atoms with Crippen molar-refractivity contribution < 1.29 is 13.7 Å². The molecule has 2 rings (SSSR count). The average Bonchev–Trinajstić information content (AvgIpc) is 2.85. The molecule has 1 N–H and O–H groups in total. The van der Waals surface area contributed by atoms with Crippen LogP contribution < -0.4 is 5.32 Å². The van der Waals surface area contributed by atoms with E-state index in [4.69, 9.17) is 0 Å². The molecule has 0 amide bonds. The molecule has 1 atom stereocenters. The van der Waals surface area contributed by atoms with E-state index in [1.807, 2.05) is 0 Å². The third-order valence-corrected chi connectivity index (χ3v) is 3.10. The first-order valence-corrected chi connectivity index (χ1v) is 6.21. The molecule has 5 nitrogen and oxygen atoms in total. The van der Waals surface area contributed by atoms with Crippen molar-refractivity contribution in [1.82, 2.24) is 4.98 Å². The molecule has 8 heteroatoms. The fraction of sp³-hybridized carbons (Fsp3) is 0.182. The maximum Gasteiger partial charge on any atom is 0.307 e. The van der Waals surface area contributed by atoms with Gasteiger partial charge >= 0.3 is 5.69 Å². The second-order valence-corrected chi connectivity index (χ2v) is 4.54. The van der Waals surface area contributed by atoms with Gasteiger partial charge in [0.25, 0.3) is 0 Å². The lowest BCUT2D eigenvalue weighted by Gasteiger charge is -2.13. The van der Waals surface area contributed by atoms with Gasteiger partial charge in [-0.2, -0.15) is 4.39 Å². The molecule has 1 heterocycles. The number of nitrogens with zero attached hydrogens (tertiary/aromatic N) is 2. The summed E-state index contributed by atoms with van der Waals surface area (Å²) in [5.41, 5.74) is 1.40. The maximum absolute atomic E-state index is 13.6. The minimum atomic E-state index is -1.20. The molecule has 0 fully saturated rings. The molecule has 0 aliphatic heterocycles. The number of anilines is 1. The highest BCUT2D eigenvalue weighted by molar-refractivity contribution is 7.07. The number of thiazole rings is 1. The molecule has 19 heavy (non-hydrogen) atoms. The van der Waals surface area contributed by atoms with Gasteiger partial charge < -0.3 is 5.32 Å². The standard InChI is InChI=1S/C11H9F2N3O2S/c1-6(10-4-19-5-14-10)15-9-3-11(16(17)18)8(13)2-7(9)12/h2-6,15H,1H3. The zero-order valence-corrected chi connectivity index (χ0v) is 10.6. The van der Waals surface area contributed by atoms with Crippen LogP contribution in [0.25, 0.3) is 0 Å². The van der Waals surface area contributed by atoms with E-state index < -0.39 is 22.2 Å². The first kappa shape index (κ1) is 13.3. The minimum absolute atomic E-state index is 0.131. The molecule has 100 valence electrons. The van der Waals surface area contributed by atoms with Crippen LogP contribution in [0.3, 0.4) is 0 Å². The number of nitro benzene ring substituents is 1. The predicted molar refractivity (Wildman–Crippen MR) is 67.2 cm³/mol. The number of aromatic nitrogens is 1. The molecular weight excluding hydrogens is 276 g/mol. The van der Waals surface area contributed by atoms with Crippen molar-refractivity contribution in [2.24, 2.45) is 0 Å². The van der Waals surface area contributed by atoms with Gasteiger partial charge in [-0.05, 0) is 6.92 Å². The predicted octanol–water partition coefficient (Wildman–Crippen LogP) is 3.50. The Hall–Kier alpha value is -2.09. The third-order valence-electron chi connectivity index (χ3n) is 2.50. The van der Waals surface area contributed by atoms with Gasteiger partial charge in [-0.1, -0.05) is 0 Å². The van der Waals surface area contributed by atoms with E-state index in [-0.39, 0.29) is 11.7 Å². The summed E-state index contributed by atoms with van der Waals surface area (Å²) in [4.78, 5) is 13.8. The molecule has 0 saturated heterocycles. The van der Waals surface area contributed by atoms with Gasteiger partial charge in [-0.3, -0.25) is 10.1 Å². The number of halogens is 2. The Morgan fingerprint density at radius 1 is 1.42 bits per heavy atom. The van der Waals surface area contributed by atoms with Gasteiger partial charge in [0.2, 0.25) is 5.82 Å². The topological polar surface area (TPSA) is 68.1 Å². The van der Waals surface area contributed by atoms with Crippen molar-refractivity contribution in [3.05, 3.63) is 50.5 Å². The molecule has 1 aromatic heterocycles. The lowest BCUT2D eigenvalue weighted by Crippen LogP contribution is -2.09. The summed E-state index contributed by atoms with van der Waals surface area (Å²) in [7, 11) is 0. The quantitative estimate of drug-likeness (QED) is 0.689. The monoisotopic (exact) mass is 285 g/mol. The van der Waals surface area contributed by atoms with E-state index in [2.05, 4.69) is 10.3 Å². The van der Waals surface area contributed by atoms with Gasteiger partial charge in [0, 0.05) is 17.5 Å². The average molecular weight is 285 g/mol. The molecular formula is C11H9F2N3O2S. The number of rotatable bonds is 4. The van der Waals surface area contributed by atoms with Crippen LogP contribution in [0.15, 0.2) is 23.0 Å². The Morgan fingerprint density at radius 2 is 2.16 bits per heavy atom. The molecule has 0 radical (unpaired) electrons. The summed E-state index contributed by atoms with van der Waals surface area (Å²) in [6, 6.07) is 0.993. The fourth-order valence-corrected chi connectivity index (χ4v) is 2.18. The van der Waals surface area contributed by atoms with Gasteiger partial charge in [0.1, 0.15) is 5.82 Å². The Labute approximate surface area is 111 Å². The third kappa shape index (κ3) is 2.84. The zero-order chi connectivity index (χ0) is 14.0. The van der Waals surface area contributed by atoms with Crippen molar-refractivity contribution in [2.75, 3.05) is 5.32 Å². The minimum Gasteiger partial charge on any atom is -0.374 e. The Kier molecular flexibility index (Phi) is 3.70. The van der Waals surface area contributed by atoms with Crippen LogP contribution in [0.2, 0.25) is 0 Å². The van der Waals surface area contributed by atoms with Crippen molar-refractivity contribution in [3.8, 4) is 0 Å². The van der Waals surface area contributed by atoms with E-state index in [0.717, 1.165) is 6.07 Å². The second-order valence-electron chi connectivity index (χ2n) is 3.82. The van der Waals surface area contributed by atoms with Crippen molar-refractivity contribution >= 4 is 22.7 Å². The van der Waals surface area contributed by atoms with Gasteiger partial charge in [-0.25, -0.2) is 9.37 Å². The highest BCUT2D eigenvalue weighted by Crippen LogP contribution is 2.28. The summed E-state index contributed by atoms with van der Waals surface area (Å²) in [6.07, 6.45) is 0. The van der Waals surface area contributed by atoms with Crippen LogP contribution in [0, 0.1) is 21.7 Å². The van der Waals surface area contributed by atoms with Crippen molar-refractivity contribution in [2.45, 2.75) is 13.0 Å². The Bertz CT molecular complexity index is 604. The van der Waals surface area contributed by atoms with E-state index in [1.54, 1.807) is 17.8 Å². The van der Waals surface area contributed by atoms with Crippen LogP contribution >= 0.6 is 11.3 Å². The highest BCUT2D eigenvalue weighted by Gasteiger charge is 2.20. The molecule has 0 aliphatic carbocycles. The molecule has 2 aromatic rings. The molecule has 0 aliphatic rings. The molecule has 1 aromatic carbocycles. The van der Waals surface area contributed by atoms with E-state index in [9.17, 15) is 18.9 Å². The molecule has 0 bridgehead atoms. The maximum atomic E-state index is 13.6. The summed E-state index contributed by atoms with van der Waals surface area (Å²) >= 11 is 1.38. The first-order valence-electron chi connectivity index (χ1n) is 5.27. The normalized spacial score (nSPS) is 12.2. The van der Waals surface area contributed by atoms with Gasteiger partial charge in [-0.15, -0.1) is 11.3 Å². The Morgan fingerprint density at radius 3 is 2.74 bits per heavy atom. The number of hydrogen-bond donors (Lipinski definition) is 1. The number of nitrogens with one attached hydrogen (secondary N) is 1. The largest absolute Gasteiger partial charge is 0.374 e. The molecule has 1 unspecified atom stereocenters. The Balaban J connectivity index is 2.30. The van der Waals surface area contributed by atoms with Crippen molar-refractivity contribution in [1.29, 1.82) is 0 Å². The molecule has 0 spiro atoms. The molecule has 0 saturated carbocycles. The van der Waals surface area contributed by atoms with Crippen LogP contribution in [0.5, 0.6) is 0 Å². The summed E-state index contributed by atoms with van der Waals surface area (Å²) in [6.45, 7) is 1.73. The van der Waals surface area contributed by atoms with Crippen LogP contribution in [0.1, 0.15) is 18.7 Å². The van der Waals surface area contributed by atoms with Crippen LogP contribution in [-0.2, 0) is 0 Å². The highest BCUT2D eigenvalue weighted by atomic mass is 32.1. The number of benzene rings is 1. The lowest BCUT2D eigenvalue weighted by molar-refractivity contribution is -0.387. The zero-order valence-electron chi connectivity index (χ0n) is 9.76. The lowest BCUT2D eigenvalue weighted by atomic mass is 10.2. The summed E-state index contributed by atoms with van der Waals surface area (Å²) < 4.78 is 26.7. The first-order chi connectivity index (χ1) is 8.99. The van der Waals surface area contributed by atoms with E-state index in [1.165, 1.54) is 11.3 Å². The fourth-order valence-electron chi connectivity index (χ4n) is 1.53.